The van der Waals surface area contributed by atoms with Gasteiger partial charge in [0.2, 0.25) is 5.91 Å². The molecule has 0 spiro atoms. The summed E-state index contributed by atoms with van der Waals surface area (Å²) >= 11 is 0. The lowest BCUT2D eigenvalue weighted by atomic mass is 9.98. The molecule has 0 unspecified atom stereocenters. The van der Waals surface area contributed by atoms with Crippen molar-refractivity contribution < 1.29 is 14.3 Å². The number of amides is 1. The summed E-state index contributed by atoms with van der Waals surface area (Å²) in [6.07, 6.45) is 1.53. The molecule has 0 fully saturated rings. The van der Waals surface area contributed by atoms with Gasteiger partial charge < -0.3 is 16.2 Å². The Hall–Kier alpha value is -2.30. The molecule has 18 heavy (non-hydrogen) atoms. The number of ether oxygens (including phenoxy) is 1. The number of nitrogens with two attached hydrogens (primary N) is 2. The van der Waals surface area contributed by atoms with Crippen LogP contribution in [0.25, 0.3) is 6.08 Å². The van der Waals surface area contributed by atoms with Crippen LogP contribution in [0.3, 0.4) is 0 Å². The lowest BCUT2D eigenvalue weighted by molar-refractivity contribution is -0.136. The van der Waals surface area contributed by atoms with Crippen LogP contribution in [0.15, 0.2) is 17.8 Å². The van der Waals surface area contributed by atoms with Crippen molar-refractivity contribution in [1.82, 2.24) is 0 Å². The fourth-order valence-corrected chi connectivity index (χ4v) is 1.68. The summed E-state index contributed by atoms with van der Waals surface area (Å²) in [5.41, 5.74) is 13.7. The fourth-order valence-electron chi connectivity index (χ4n) is 1.68. The van der Waals surface area contributed by atoms with Crippen molar-refractivity contribution in [3.63, 3.8) is 0 Å². The monoisotopic (exact) mass is 248 g/mol. The number of rotatable bonds is 3. The van der Waals surface area contributed by atoms with Gasteiger partial charge in [-0.3, -0.25) is 4.79 Å². The average molecular weight is 248 g/mol. The zero-order chi connectivity index (χ0) is 13.9. The second-order valence-electron chi connectivity index (χ2n) is 3.98. The first-order valence-electron chi connectivity index (χ1n) is 5.33. The van der Waals surface area contributed by atoms with Gasteiger partial charge in [-0.2, -0.15) is 0 Å². The van der Waals surface area contributed by atoms with Crippen LogP contribution in [-0.2, 0) is 9.53 Å². The van der Waals surface area contributed by atoms with Crippen molar-refractivity contribution in [3.05, 3.63) is 40.1 Å². The van der Waals surface area contributed by atoms with Crippen LogP contribution in [0, 0.1) is 13.8 Å². The molecule has 5 nitrogen and oxygen atoms in total. The SMILES string of the molecule is COC(=O)C(N)=Cc1c(C)cc(C(N)=O)cc1C. The number of carbonyl (C=O) groups is 2. The van der Waals surface area contributed by atoms with E-state index >= 15 is 0 Å². The molecule has 0 saturated carbocycles. The second-order valence-corrected chi connectivity index (χ2v) is 3.98. The molecule has 0 aromatic heterocycles. The maximum Gasteiger partial charge on any atom is 0.353 e. The molecule has 1 rings (SSSR count). The number of methoxy groups -OCH3 is 1. The molecule has 5 heteroatoms. The minimum absolute atomic E-state index is 0.00975. The van der Waals surface area contributed by atoms with E-state index in [0.717, 1.165) is 16.7 Å². The molecule has 0 saturated heterocycles. The number of benzene rings is 1. The summed E-state index contributed by atoms with van der Waals surface area (Å²) < 4.78 is 4.52. The Morgan fingerprint density at radius 2 is 1.67 bits per heavy atom. The maximum atomic E-state index is 11.2. The first kappa shape index (κ1) is 13.8. The first-order valence-corrected chi connectivity index (χ1v) is 5.33. The normalized spacial score (nSPS) is 11.2. The molecule has 0 atom stereocenters. The molecule has 0 bridgehead atoms. The van der Waals surface area contributed by atoms with Crippen molar-refractivity contribution >= 4 is 18.0 Å². The van der Waals surface area contributed by atoms with E-state index in [0.29, 0.717) is 5.56 Å². The smallest absolute Gasteiger partial charge is 0.353 e. The summed E-state index contributed by atoms with van der Waals surface area (Å²) in [5, 5.41) is 0. The van der Waals surface area contributed by atoms with E-state index in [2.05, 4.69) is 4.74 Å². The van der Waals surface area contributed by atoms with Gasteiger partial charge in [-0.05, 0) is 48.7 Å². The van der Waals surface area contributed by atoms with Crippen molar-refractivity contribution in [3.8, 4) is 0 Å². The van der Waals surface area contributed by atoms with E-state index in [-0.39, 0.29) is 5.70 Å². The molecular weight excluding hydrogens is 232 g/mol. The Morgan fingerprint density at radius 1 is 1.17 bits per heavy atom. The molecule has 0 radical (unpaired) electrons. The minimum atomic E-state index is -0.590. The topological polar surface area (TPSA) is 95.4 Å². The van der Waals surface area contributed by atoms with Gasteiger partial charge in [-0.25, -0.2) is 4.79 Å². The van der Waals surface area contributed by atoms with Crippen LogP contribution in [0.4, 0.5) is 0 Å². The summed E-state index contributed by atoms with van der Waals surface area (Å²) in [4.78, 5) is 22.3. The highest BCUT2D eigenvalue weighted by Crippen LogP contribution is 2.19. The van der Waals surface area contributed by atoms with Gasteiger partial charge in [-0.1, -0.05) is 0 Å². The van der Waals surface area contributed by atoms with E-state index in [9.17, 15) is 9.59 Å². The number of hydrogen-bond acceptors (Lipinski definition) is 4. The van der Waals surface area contributed by atoms with Gasteiger partial charge in [0.1, 0.15) is 5.70 Å². The van der Waals surface area contributed by atoms with Crippen molar-refractivity contribution in [2.45, 2.75) is 13.8 Å². The van der Waals surface area contributed by atoms with Crippen LogP contribution in [-0.4, -0.2) is 19.0 Å². The third-order valence-electron chi connectivity index (χ3n) is 2.60. The number of carbonyl (C=O) groups excluding carboxylic acids is 2. The highest BCUT2D eigenvalue weighted by atomic mass is 16.5. The van der Waals surface area contributed by atoms with Crippen molar-refractivity contribution in [1.29, 1.82) is 0 Å². The van der Waals surface area contributed by atoms with E-state index in [1.807, 2.05) is 13.8 Å². The Bertz CT molecular complexity index is 510. The van der Waals surface area contributed by atoms with Crippen LogP contribution in [0.5, 0.6) is 0 Å². The van der Waals surface area contributed by atoms with Crippen molar-refractivity contribution in [2.75, 3.05) is 7.11 Å². The Balaban J connectivity index is 3.27. The van der Waals surface area contributed by atoms with Crippen molar-refractivity contribution in [2.24, 2.45) is 11.5 Å². The van der Waals surface area contributed by atoms with E-state index in [1.54, 1.807) is 12.1 Å². The summed E-state index contributed by atoms with van der Waals surface area (Å²) in [5.74, 6) is -1.08. The molecule has 96 valence electrons. The molecule has 1 amide bonds. The van der Waals surface area contributed by atoms with Gasteiger partial charge in [0.05, 0.1) is 7.11 Å². The Labute approximate surface area is 105 Å². The quantitative estimate of drug-likeness (QED) is 0.613. The van der Waals surface area contributed by atoms with Crippen LogP contribution in [0.1, 0.15) is 27.0 Å². The molecule has 1 aromatic carbocycles. The van der Waals surface area contributed by atoms with Gasteiger partial charge >= 0.3 is 5.97 Å². The molecule has 0 aliphatic carbocycles. The zero-order valence-electron chi connectivity index (χ0n) is 10.6. The first-order chi connectivity index (χ1) is 8.36. The van der Waals surface area contributed by atoms with E-state index in [1.165, 1.54) is 13.2 Å². The standard InChI is InChI=1S/C13H16N2O3/c1-7-4-9(12(15)16)5-8(2)10(7)6-11(14)13(17)18-3/h4-6H,14H2,1-3H3,(H2,15,16). The lowest BCUT2D eigenvalue weighted by Crippen LogP contribution is -2.14. The van der Waals surface area contributed by atoms with Gasteiger partial charge in [0, 0.05) is 5.56 Å². The van der Waals surface area contributed by atoms with Gasteiger partial charge in [0.15, 0.2) is 0 Å². The summed E-state index contributed by atoms with van der Waals surface area (Å²) in [6.45, 7) is 3.63. The van der Waals surface area contributed by atoms with E-state index < -0.39 is 11.9 Å². The average Bonchev–Trinajstić information content (AvgIpc) is 2.31. The maximum absolute atomic E-state index is 11.2. The van der Waals surface area contributed by atoms with Gasteiger partial charge in [0.25, 0.3) is 0 Å². The largest absolute Gasteiger partial charge is 0.464 e. The number of esters is 1. The molecule has 0 aliphatic rings. The predicted octanol–water partition coefficient (Wildman–Crippen LogP) is 0.875. The Morgan fingerprint density at radius 3 is 2.06 bits per heavy atom. The number of primary amides is 1. The highest BCUT2D eigenvalue weighted by molar-refractivity contribution is 5.95. The molecular formula is C13H16N2O3. The third kappa shape index (κ3) is 2.88. The fraction of sp³-hybridized carbons (Fsp3) is 0.231. The second kappa shape index (κ2) is 5.35. The number of aryl methyl sites for hydroxylation is 2. The lowest BCUT2D eigenvalue weighted by Gasteiger charge is -2.08. The highest BCUT2D eigenvalue weighted by Gasteiger charge is 2.10. The summed E-state index contributed by atoms with van der Waals surface area (Å²) in [7, 11) is 1.26. The minimum Gasteiger partial charge on any atom is -0.464 e. The molecule has 1 aromatic rings. The zero-order valence-corrected chi connectivity index (χ0v) is 10.6. The molecule has 0 heterocycles. The number of hydrogen-bond donors (Lipinski definition) is 2. The van der Waals surface area contributed by atoms with E-state index in [4.69, 9.17) is 11.5 Å². The Kier molecular flexibility index (Phi) is 4.09. The van der Waals surface area contributed by atoms with Gasteiger partial charge in [-0.15, -0.1) is 0 Å². The molecule has 0 aliphatic heterocycles. The molecule has 4 N–H and O–H groups in total. The summed E-state index contributed by atoms with van der Waals surface area (Å²) in [6, 6.07) is 3.32. The van der Waals surface area contributed by atoms with Crippen LogP contribution in [0.2, 0.25) is 0 Å². The van der Waals surface area contributed by atoms with Crippen LogP contribution < -0.4 is 11.5 Å². The predicted molar refractivity (Wildman–Crippen MR) is 68.6 cm³/mol. The van der Waals surface area contributed by atoms with Crippen LogP contribution >= 0.6 is 0 Å². The third-order valence-corrected chi connectivity index (χ3v) is 2.60.